The molecule has 0 saturated heterocycles. The van der Waals surface area contributed by atoms with Gasteiger partial charge in [0.1, 0.15) is 5.75 Å². The molecule has 1 aromatic carbocycles. The molecule has 2 aromatic rings. The first-order valence-corrected chi connectivity index (χ1v) is 7.74. The summed E-state index contributed by atoms with van der Waals surface area (Å²) in [7, 11) is 1.61. The normalized spacial score (nSPS) is 16.5. The lowest BCUT2D eigenvalue weighted by Gasteiger charge is -2.32. The van der Waals surface area contributed by atoms with Crippen LogP contribution in [0.15, 0.2) is 30.6 Å². The second kappa shape index (κ2) is 6.74. The van der Waals surface area contributed by atoms with Gasteiger partial charge in [0.05, 0.1) is 37.8 Å². The molecule has 0 bridgehead atoms. The van der Waals surface area contributed by atoms with Crippen LogP contribution in [-0.4, -0.2) is 45.5 Å². The van der Waals surface area contributed by atoms with Gasteiger partial charge in [-0.15, -0.1) is 0 Å². The number of fused-ring (bicyclic) bond motifs is 1. The first-order chi connectivity index (χ1) is 11.6. The number of carbonyl (C=O) groups is 2. The number of aromatic nitrogens is 2. The lowest BCUT2D eigenvalue weighted by atomic mass is 9.90. The largest absolute Gasteiger partial charge is 0.497 e. The number of hydrogen-bond acceptors (Lipinski definition) is 4. The first kappa shape index (κ1) is 16.0. The molecule has 0 spiro atoms. The van der Waals surface area contributed by atoms with Crippen LogP contribution in [-0.2, 0) is 16.1 Å². The topological polar surface area (TPSA) is 95.5 Å². The van der Waals surface area contributed by atoms with Gasteiger partial charge in [0.2, 0.25) is 5.91 Å². The number of hydrogen-bond donors (Lipinski definition) is 2. The second-order valence-electron chi connectivity index (χ2n) is 5.76. The van der Waals surface area contributed by atoms with Gasteiger partial charge in [0.15, 0.2) is 0 Å². The van der Waals surface area contributed by atoms with E-state index in [2.05, 4.69) is 9.97 Å². The predicted molar refractivity (Wildman–Crippen MR) is 85.7 cm³/mol. The predicted octanol–water partition coefficient (Wildman–Crippen LogP) is 1.76. The summed E-state index contributed by atoms with van der Waals surface area (Å²) in [6.07, 6.45) is 1.47. The summed E-state index contributed by atoms with van der Waals surface area (Å²) in [5.41, 5.74) is 2.82. The van der Waals surface area contributed by atoms with Crippen molar-refractivity contribution in [1.82, 2.24) is 14.9 Å². The molecule has 1 unspecified atom stereocenters. The number of nitrogens with zero attached hydrogens (tertiary/aromatic N) is 2. The van der Waals surface area contributed by atoms with E-state index in [1.54, 1.807) is 18.3 Å². The number of nitrogens with one attached hydrogen (secondary N) is 1. The molecule has 126 valence electrons. The molecule has 0 fully saturated rings. The Morgan fingerprint density at radius 1 is 1.42 bits per heavy atom. The van der Waals surface area contributed by atoms with E-state index in [4.69, 9.17) is 9.84 Å². The maximum atomic E-state index is 12.3. The number of rotatable bonds is 5. The zero-order chi connectivity index (χ0) is 17.1. The van der Waals surface area contributed by atoms with Crippen LogP contribution in [0.2, 0.25) is 0 Å². The van der Waals surface area contributed by atoms with E-state index in [1.807, 2.05) is 24.3 Å². The van der Waals surface area contributed by atoms with Gasteiger partial charge < -0.3 is 19.7 Å². The van der Waals surface area contributed by atoms with Crippen molar-refractivity contribution < 1.29 is 19.4 Å². The monoisotopic (exact) mass is 329 g/mol. The average Bonchev–Trinajstić information content (AvgIpc) is 3.07. The third-order valence-electron chi connectivity index (χ3n) is 4.24. The van der Waals surface area contributed by atoms with Gasteiger partial charge in [-0.25, -0.2) is 4.98 Å². The molecule has 0 aliphatic carbocycles. The van der Waals surface area contributed by atoms with Crippen molar-refractivity contribution in [2.75, 3.05) is 13.7 Å². The Bertz CT molecular complexity index is 756. The van der Waals surface area contributed by atoms with Crippen LogP contribution in [0.1, 0.15) is 35.7 Å². The number of carbonyl (C=O) groups excluding carboxylic acids is 1. The van der Waals surface area contributed by atoms with Crippen LogP contribution < -0.4 is 4.74 Å². The van der Waals surface area contributed by atoms with Crippen LogP contribution in [0.3, 0.4) is 0 Å². The summed E-state index contributed by atoms with van der Waals surface area (Å²) >= 11 is 0. The van der Waals surface area contributed by atoms with Crippen molar-refractivity contribution in [2.24, 2.45) is 0 Å². The van der Waals surface area contributed by atoms with Crippen LogP contribution in [0.25, 0.3) is 0 Å². The molecule has 7 nitrogen and oxygen atoms in total. The minimum absolute atomic E-state index is 0.00361. The quantitative estimate of drug-likeness (QED) is 0.871. The Morgan fingerprint density at radius 3 is 3.00 bits per heavy atom. The van der Waals surface area contributed by atoms with Crippen molar-refractivity contribution in [2.45, 2.75) is 25.3 Å². The molecule has 2 heterocycles. The molecule has 0 radical (unpaired) electrons. The summed E-state index contributed by atoms with van der Waals surface area (Å²) < 4.78 is 5.28. The van der Waals surface area contributed by atoms with Crippen molar-refractivity contribution in [1.29, 1.82) is 0 Å². The van der Waals surface area contributed by atoms with E-state index >= 15 is 0 Å². The summed E-state index contributed by atoms with van der Waals surface area (Å²) in [6, 6.07) is 7.70. The van der Waals surface area contributed by atoms with Gasteiger partial charge in [0, 0.05) is 18.9 Å². The van der Waals surface area contributed by atoms with Gasteiger partial charge >= 0.3 is 5.97 Å². The van der Waals surface area contributed by atoms with Crippen LogP contribution in [0, 0.1) is 0 Å². The molecular formula is C17H19N3O4. The Morgan fingerprint density at radius 2 is 2.25 bits per heavy atom. The molecule has 1 aliphatic rings. The lowest BCUT2D eigenvalue weighted by molar-refractivity contribution is -0.141. The van der Waals surface area contributed by atoms with Gasteiger partial charge in [-0.05, 0) is 17.7 Å². The van der Waals surface area contributed by atoms with E-state index in [1.165, 1.54) is 0 Å². The lowest BCUT2D eigenvalue weighted by Crippen LogP contribution is -2.38. The maximum absolute atomic E-state index is 12.3. The number of ether oxygens (including phenoxy) is 1. The van der Waals surface area contributed by atoms with Gasteiger partial charge in [-0.2, -0.15) is 0 Å². The highest BCUT2D eigenvalue weighted by Crippen LogP contribution is 2.33. The summed E-state index contributed by atoms with van der Waals surface area (Å²) in [4.78, 5) is 32.2. The molecule has 7 heteroatoms. The smallest absolute Gasteiger partial charge is 0.303 e. The molecule has 1 atom stereocenters. The highest BCUT2D eigenvalue weighted by Gasteiger charge is 2.31. The Labute approximate surface area is 139 Å². The minimum atomic E-state index is -0.966. The third kappa shape index (κ3) is 3.24. The van der Waals surface area contributed by atoms with Crippen molar-refractivity contribution >= 4 is 11.9 Å². The van der Waals surface area contributed by atoms with Crippen molar-refractivity contribution in [3.63, 3.8) is 0 Å². The molecule has 2 N–H and O–H groups in total. The number of methoxy groups -OCH3 is 1. The zero-order valence-electron chi connectivity index (χ0n) is 13.4. The minimum Gasteiger partial charge on any atom is -0.497 e. The van der Waals surface area contributed by atoms with Crippen molar-refractivity contribution in [3.8, 4) is 5.75 Å². The number of carboxylic acids is 1. The number of H-pyrrole nitrogens is 1. The molecule has 1 aromatic heterocycles. The number of imidazole rings is 1. The Hall–Kier alpha value is -2.83. The highest BCUT2D eigenvalue weighted by atomic mass is 16.5. The standard InChI is InChI=1S/C17H19N3O4/c1-24-12-4-2-3-11(7-12)13-8-20(15(21)5-6-16(22)23)9-14-17(13)19-10-18-14/h2-4,7,10,13H,5-6,8-9H2,1H3,(H,18,19)(H,22,23). The van der Waals surface area contributed by atoms with E-state index in [-0.39, 0.29) is 24.7 Å². The summed E-state index contributed by atoms with van der Waals surface area (Å²) in [5.74, 6) is -0.444. The fourth-order valence-electron chi connectivity index (χ4n) is 3.00. The maximum Gasteiger partial charge on any atom is 0.303 e. The molecule has 1 aliphatic heterocycles. The SMILES string of the molecule is COc1cccc(C2CN(C(=O)CCC(=O)O)Cc3[nH]cnc32)c1. The number of benzene rings is 1. The van der Waals surface area contributed by atoms with Gasteiger partial charge in [-0.3, -0.25) is 9.59 Å². The molecule has 24 heavy (non-hydrogen) atoms. The van der Waals surface area contributed by atoms with Crippen molar-refractivity contribution in [3.05, 3.63) is 47.5 Å². The number of carboxylic acid groups (broad SMARTS) is 1. The molecule has 3 rings (SSSR count). The van der Waals surface area contributed by atoms with Gasteiger partial charge in [-0.1, -0.05) is 12.1 Å². The highest BCUT2D eigenvalue weighted by molar-refractivity contribution is 5.81. The van der Waals surface area contributed by atoms with E-state index in [0.717, 1.165) is 22.7 Å². The van der Waals surface area contributed by atoms with E-state index in [9.17, 15) is 9.59 Å². The third-order valence-corrected chi connectivity index (χ3v) is 4.24. The Kier molecular flexibility index (Phi) is 4.50. The van der Waals surface area contributed by atoms with E-state index in [0.29, 0.717) is 13.1 Å². The van der Waals surface area contributed by atoms with Crippen LogP contribution in [0.4, 0.5) is 0 Å². The first-order valence-electron chi connectivity index (χ1n) is 7.74. The molecule has 1 amide bonds. The fourth-order valence-corrected chi connectivity index (χ4v) is 3.00. The molecule has 0 saturated carbocycles. The number of aliphatic carboxylic acids is 1. The average molecular weight is 329 g/mol. The van der Waals surface area contributed by atoms with E-state index < -0.39 is 5.97 Å². The summed E-state index contributed by atoms with van der Waals surface area (Å²) in [6.45, 7) is 0.901. The van der Waals surface area contributed by atoms with Crippen LogP contribution in [0.5, 0.6) is 5.75 Å². The fraction of sp³-hybridized carbons (Fsp3) is 0.353. The summed E-state index contributed by atoms with van der Waals surface area (Å²) in [5, 5.41) is 8.77. The zero-order valence-corrected chi connectivity index (χ0v) is 13.4. The van der Waals surface area contributed by atoms with Gasteiger partial charge in [0.25, 0.3) is 0 Å². The molecular weight excluding hydrogens is 310 g/mol. The number of aromatic amines is 1. The second-order valence-corrected chi connectivity index (χ2v) is 5.76. The number of amides is 1. The Balaban J connectivity index is 1.86. The van der Waals surface area contributed by atoms with Crippen LogP contribution >= 0.6 is 0 Å².